The van der Waals surface area contributed by atoms with Gasteiger partial charge in [-0.15, -0.1) is 0 Å². The van der Waals surface area contributed by atoms with Gasteiger partial charge in [0.15, 0.2) is 0 Å². The minimum absolute atomic E-state index is 0.0818. The average Bonchev–Trinajstić information content (AvgIpc) is 2.25. The molecule has 0 aromatic carbocycles. The van der Waals surface area contributed by atoms with Gasteiger partial charge in [-0.25, -0.2) is 0 Å². The third-order valence-corrected chi connectivity index (χ3v) is 1.96. The van der Waals surface area contributed by atoms with Crippen LogP contribution in [0.5, 0.6) is 0 Å². The van der Waals surface area contributed by atoms with Gasteiger partial charge < -0.3 is 5.32 Å². The zero-order valence-electron chi connectivity index (χ0n) is 8.49. The maximum Gasteiger partial charge on any atom is 0.269 e. The van der Waals surface area contributed by atoms with E-state index in [0.29, 0.717) is 5.69 Å². The summed E-state index contributed by atoms with van der Waals surface area (Å²) >= 11 is 0. The highest BCUT2D eigenvalue weighted by Crippen LogP contribution is 1.94. The number of hydrogen-bond donors (Lipinski definition) is 1. The molecule has 0 unspecified atom stereocenters. The molecule has 1 amide bonds. The van der Waals surface area contributed by atoms with Gasteiger partial charge in [-0.3, -0.25) is 9.78 Å². The Kier molecular flexibility index (Phi) is 4.69. The van der Waals surface area contributed by atoms with Crippen LogP contribution < -0.4 is 5.32 Å². The summed E-state index contributed by atoms with van der Waals surface area (Å²) in [4.78, 5) is 15.4. The van der Waals surface area contributed by atoms with Gasteiger partial charge in [-0.1, -0.05) is 25.8 Å². The van der Waals surface area contributed by atoms with Crippen LogP contribution in [-0.4, -0.2) is 17.4 Å². The third kappa shape index (κ3) is 3.56. The first-order chi connectivity index (χ1) is 6.84. The summed E-state index contributed by atoms with van der Waals surface area (Å²) in [6, 6.07) is 5.33. The Hall–Kier alpha value is -1.38. The second-order valence-electron chi connectivity index (χ2n) is 3.18. The monoisotopic (exact) mass is 192 g/mol. The van der Waals surface area contributed by atoms with E-state index in [0.717, 1.165) is 19.4 Å². The molecule has 1 aromatic rings. The summed E-state index contributed by atoms with van der Waals surface area (Å²) in [6.07, 6.45) is 4.98. The van der Waals surface area contributed by atoms with E-state index in [9.17, 15) is 4.79 Å². The highest BCUT2D eigenvalue weighted by atomic mass is 16.1. The van der Waals surface area contributed by atoms with Crippen molar-refractivity contribution in [1.82, 2.24) is 10.3 Å². The molecule has 0 aliphatic rings. The maximum absolute atomic E-state index is 11.4. The van der Waals surface area contributed by atoms with Gasteiger partial charge in [-0.2, -0.15) is 0 Å². The molecule has 14 heavy (non-hydrogen) atoms. The van der Waals surface area contributed by atoms with Gasteiger partial charge in [0, 0.05) is 12.7 Å². The Morgan fingerprint density at radius 2 is 2.29 bits per heavy atom. The van der Waals surface area contributed by atoms with Gasteiger partial charge in [-0.05, 0) is 18.6 Å². The fraction of sp³-hybridized carbons (Fsp3) is 0.455. The fourth-order valence-corrected chi connectivity index (χ4v) is 1.16. The molecule has 3 nitrogen and oxygen atoms in total. The molecule has 1 N–H and O–H groups in total. The second-order valence-corrected chi connectivity index (χ2v) is 3.18. The number of nitrogens with zero attached hydrogens (tertiary/aromatic N) is 1. The van der Waals surface area contributed by atoms with Crippen LogP contribution in [-0.2, 0) is 0 Å². The summed E-state index contributed by atoms with van der Waals surface area (Å²) in [5.41, 5.74) is 0.490. The lowest BCUT2D eigenvalue weighted by Crippen LogP contribution is -2.25. The molecule has 0 saturated carbocycles. The first kappa shape index (κ1) is 10.7. The quantitative estimate of drug-likeness (QED) is 0.725. The highest BCUT2D eigenvalue weighted by Gasteiger charge is 2.03. The SMILES string of the molecule is CCCCCNC(=O)c1ccccn1. The van der Waals surface area contributed by atoms with Gasteiger partial charge >= 0.3 is 0 Å². The van der Waals surface area contributed by atoms with Gasteiger partial charge in [0.05, 0.1) is 0 Å². The van der Waals surface area contributed by atoms with Crippen molar-refractivity contribution in [2.75, 3.05) is 6.54 Å². The molecule has 1 rings (SSSR count). The van der Waals surface area contributed by atoms with E-state index < -0.39 is 0 Å². The van der Waals surface area contributed by atoms with Crippen molar-refractivity contribution in [3.05, 3.63) is 30.1 Å². The Morgan fingerprint density at radius 1 is 1.43 bits per heavy atom. The lowest BCUT2D eigenvalue weighted by atomic mass is 10.2. The minimum atomic E-state index is -0.0818. The minimum Gasteiger partial charge on any atom is -0.351 e. The van der Waals surface area contributed by atoms with Crippen molar-refractivity contribution in [3.8, 4) is 0 Å². The van der Waals surface area contributed by atoms with Crippen molar-refractivity contribution in [2.24, 2.45) is 0 Å². The van der Waals surface area contributed by atoms with Crippen molar-refractivity contribution in [1.29, 1.82) is 0 Å². The van der Waals surface area contributed by atoms with Crippen molar-refractivity contribution in [2.45, 2.75) is 26.2 Å². The molecule has 0 aliphatic heterocycles. The number of unbranched alkanes of at least 4 members (excludes halogenated alkanes) is 2. The largest absolute Gasteiger partial charge is 0.351 e. The number of hydrogen-bond acceptors (Lipinski definition) is 2. The summed E-state index contributed by atoms with van der Waals surface area (Å²) in [5, 5.41) is 2.83. The molecule has 0 radical (unpaired) electrons. The molecule has 0 atom stereocenters. The Morgan fingerprint density at radius 3 is 2.93 bits per heavy atom. The summed E-state index contributed by atoms with van der Waals surface area (Å²) in [5.74, 6) is -0.0818. The number of rotatable bonds is 5. The van der Waals surface area contributed by atoms with Crippen LogP contribution in [0.15, 0.2) is 24.4 Å². The van der Waals surface area contributed by atoms with E-state index in [1.807, 2.05) is 6.07 Å². The van der Waals surface area contributed by atoms with Crippen LogP contribution in [0.4, 0.5) is 0 Å². The highest BCUT2D eigenvalue weighted by molar-refractivity contribution is 5.92. The van der Waals surface area contributed by atoms with E-state index in [1.165, 1.54) is 6.42 Å². The molecule has 3 heteroatoms. The van der Waals surface area contributed by atoms with Gasteiger partial charge in [0.1, 0.15) is 5.69 Å². The predicted octanol–water partition coefficient (Wildman–Crippen LogP) is 2.00. The number of pyridine rings is 1. The normalized spacial score (nSPS) is 9.79. The van der Waals surface area contributed by atoms with Crippen LogP contribution >= 0.6 is 0 Å². The van der Waals surface area contributed by atoms with Crippen molar-refractivity contribution in [3.63, 3.8) is 0 Å². The van der Waals surface area contributed by atoms with Crippen LogP contribution in [0, 0.1) is 0 Å². The summed E-state index contributed by atoms with van der Waals surface area (Å²) in [6.45, 7) is 2.88. The molecule has 0 spiro atoms. The molecule has 1 aromatic heterocycles. The molecule has 1 heterocycles. The van der Waals surface area contributed by atoms with Crippen LogP contribution in [0.3, 0.4) is 0 Å². The second kappa shape index (κ2) is 6.13. The molecule has 0 saturated heterocycles. The Labute approximate surface area is 84.6 Å². The number of aromatic nitrogens is 1. The van der Waals surface area contributed by atoms with Crippen LogP contribution in [0.25, 0.3) is 0 Å². The first-order valence-electron chi connectivity index (χ1n) is 5.04. The zero-order valence-corrected chi connectivity index (χ0v) is 8.49. The molecule has 0 bridgehead atoms. The van der Waals surface area contributed by atoms with E-state index >= 15 is 0 Å². The Balaban J connectivity index is 2.29. The molecule has 0 aliphatic carbocycles. The third-order valence-electron chi connectivity index (χ3n) is 1.96. The lowest BCUT2D eigenvalue weighted by Gasteiger charge is -2.02. The topological polar surface area (TPSA) is 42.0 Å². The maximum atomic E-state index is 11.4. The van der Waals surface area contributed by atoms with E-state index in [1.54, 1.807) is 18.3 Å². The molecular formula is C11H16N2O. The smallest absolute Gasteiger partial charge is 0.269 e. The van der Waals surface area contributed by atoms with Gasteiger partial charge in [0.25, 0.3) is 5.91 Å². The van der Waals surface area contributed by atoms with Crippen LogP contribution in [0.1, 0.15) is 36.7 Å². The molecule has 0 fully saturated rings. The van der Waals surface area contributed by atoms with E-state index in [2.05, 4.69) is 17.2 Å². The standard InChI is InChI=1S/C11H16N2O/c1-2-3-5-9-13-11(14)10-7-4-6-8-12-10/h4,6-8H,2-3,5,9H2,1H3,(H,13,14). The number of amides is 1. The van der Waals surface area contributed by atoms with Gasteiger partial charge in [0.2, 0.25) is 0 Å². The van der Waals surface area contributed by atoms with Crippen molar-refractivity contribution >= 4 is 5.91 Å². The lowest BCUT2D eigenvalue weighted by molar-refractivity contribution is 0.0948. The molecule has 76 valence electrons. The predicted molar refractivity (Wildman–Crippen MR) is 56.1 cm³/mol. The van der Waals surface area contributed by atoms with Crippen LogP contribution in [0.2, 0.25) is 0 Å². The first-order valence-corrected chi connectivity index (χ1v) is 5.04. The van der Waals surface area contributed by atoms with Crippen molar-refractivity contribution < 1.29 is 4.79 Å². The summed E-state index contributed by atoms with van der Waals surface area (Å²) < 4.78 is 0. The van der Waals surface area contributed by atoms with E-state index in [-0.39, 0.29) is 5.91 Å². The number of carbonyl (C=O) groups excluding carboxylic acids is 1. The zero-order chi connectivity index (χ0) is 10.2. The average molecular weight is 192 g/mol. The Bertz CT molecular complexity index is 272. The summed E-state index contributed by atoms with van der Waals surface area (Å²) in [7, 11) is 0. The fourth-order valence-electron chi connectivity index (χ4n) is 1.16. The number of carbonyl (C=O) groups is 1. The molecular weight excluding hydrogens is 176 g/mol. The van der Waals surface area contributed by atoms with E-state index in [4.69, 9.17) is 0 Å². The number of nitrogens with one attached hydrogen (secondary N) is 1.